The number of hydrogen-bond acceptors (Lipinski definition) is 6. The van der Waals surface area contributed by atoms with E-state index in [0.717, 1.165) is 16.6 Å². The van der Waals surface area contributed by atoms with Crippen LogP contribution >= 0.6 is 27.3 Å². The number of hydrogen-bond donors (Lipinski definition) is 0. The molecule has 160 valence electrons. The summed E-state index contributed by atoms with van der Waals surface area (Å²) in [5, 5.41) is 4.44. The van der Waals surface area contributed by atoms with Gasteiger partial charge in [0.05, 0.1) is 34.1 Å². The first kappa shape index (κ1) is 21.5. The van der Waals surface area contributed by atoms with Gasteiger partial charge in [-0.1, -0.05) is 39.4 Å². The van der Waals surface area contributed by atoms with Gasteiger partial charge in [-0.25, -0.2) is 9.79 Å². The monoisotopic (exact) mass is 500 g/mol. The minimum atomic E-state index is -0.612. The van der Waals surface area contributed by atoms with Crippen molar-refractivity contribution in [3.05, 3.63) is 83.2 Å². The Balaban J connectivity index is 1.93. The summed E-state index contributed by atoms with van der Waals surface area (Å²) in [4.78, 5) is 31.4. The summed E-state index contributed by atoms with van der Waals surface area (Å²) in [5.41, 5.74) is 2.22. The van der Waals surface area contributed by atoms with Crippen molar-refractivity contribution in [1.82, 2.24) is 14.3 Å². The first-order valence-electron chi connectivity index (χ1n) is 9.91. The molecule has 0 saturated heterocycles. The minimum absolute atomic E-state index is 0.211. The van der Waals surface area contributed by atoms with E-state index in [1.807, 2.05) is 43.5 Å². The molecule has 4 rings (SSSR count). The average Bonchev–Trinajstić information content (AvgIpc) is 3.32. The normalized spacial score (nSPS) is 16.3. The number of halogens is 1. The van der Waals surface area contributed by atoms with Crippen LogP contribution in [-0.2, 0) is 16.1 Å². The molecule has 1 aliphatic heterocycles. The molecule has 0 spiro atoms. The molecule has 0 saturated carbocycles. The smallest absolute Gasteiger partial charge is 0.338 e. The van der Waals surface area contributed by atoms with E-state index < -0.39 is 12.0 Å². The van der Waals surface area contributed by atoms with Crippen molar-refractivity contribution in [3.8, 4) is 0 Å². The van der Waals surface area contributed by atoms with Crippen molar-refractivity contribution < 1.29 is 9.53 Å². The quantitative estimate of drug-likeness (QED) is 0.504. The number of aryl methyl sites for hydroxylation is 1. The fourth-order valence-corrected chi connectivity index (χ4v) is 4.81. The third kappa shape index (κ3) is 4.07. The Labute approximate surface area is 191 Å². The van der Waals surface area contributed by atoms with E-state index in [4.69, 9.17) is 4.74 Å². The predicted octanol–water partition coefficient (Wildman–Crippen LogP) is 2.78. The van der Waals surface area contributed by atoms with Crippen LogP contribution in [0.3, 0.4) is 0 Å². The van der Waals surface area contributed by atoms with Crippen molar-refractivity contribution in [2.24, 2.45) is 4.99 Å². The average molecular weight is 501 g/mol. The van der Waals surface area contributed by atoms with Crippen LogP contribution < -0.4 is 14.9 Å². The first-order chi connectivity index (χ1) is 14.9. The van der Waals surface area contributed by atoms with Crippen molar-refractivity contribution in [2.45, 2.75) is 33.4 Å². The Morgan fingerprint density at radius 2 is 2.00 bits per heavy atom. The molecule has 3 aromatic rings. The number of nitrogens with zero attached hydrogens (tertiary/aromatic N) is 4. The Morgan fingerprint density at radius 3 is 2.65 bits per heavy atom. The summed E-state index contributed by atoms with van der Waals surface area (Å²) in [6.45, 7) is 6.53. The largest absolute Gasteiger partial charge is 0.463 e. The van der Waals surface area contributed by atoms with E-state index in [9.17, 15) is 9.59 Å². The summed E-state index contributed by atoms with van der Waals surface area (Å²) in [6, 6.07) is 8.82. The van der Waals surface area contributed by atoms with Gasteiger partial charge >= 0.3 is 5.97 Å². The number of fused-ring (bicyclic) bond motifs is 1. The summed E-state index contributed by atoms with van der Waals surface area (Å²) in [6.07, 6.45) is 3.63. The maximum atomic E-state index is 13.4. The van der Waals surface area contributed by atoms with E-state index >= 15 is 0 Å². The molecule has 0 amide bonds. The van der Waals surface area contributed by atoms with E-state index in [1.54, 1.807) is 29.2 Å². The Kier molecular flexibility index (Phi) is 6.06. The standard InChI is InChI=1S/C22H21BrN4O3S/c1-4-26-11-10-16(25-26)12-17-20(28)27-19(14-6-8-15(23)9-7-14)18(21(29)30-5-2)13(3)24-22(27)31-17/h6-12,19H,4-5H2,1-3H3. The lowest BCUT2D eigenvalue weighted by molar-refractivity contribution is -0.139. The highest BCUT2D eigenvalue weighted by molar-refractivity contribution is 9.10. The molecule has 0 bridgehead atoms. The summed E-state index contributed by atoms with van der Waals surface area (Å²) < 4.78 is 10.1. The van der Waals surface area contributed by atoms with Crippen LogP contribution in [0.2, 0.25) is 0 Å². The predicted molar refractivity (Wildman–Crippen MR) is 122 cm³/mol. The number of benzene rings is 1. The van der Waals surface area contributed by atoms with Gasteiger partial charge in [0.1, 0.15) is 0 Å². The molecule has 0 fully saturated rings. The molecule has 1 atom stereocenters. The minimum Gasteiger partial charge on any atom is -0.463 e. The molecule has 1 aliphatic rings. The molecular weight excluding hydrogens is 480 g/mol. The molecule has 2 aromatic heterocycles. The second-order valence-electron chi connectivity index (χ2n) is 6.95. The Bertz CT molecular complexity index is 1350. The van der Waals surface area contributed by atoms with Crippen LogP contribution in [0.5, 0.6) is 0 Å². The molecule has 0 aliphatic carbocycles. The molecule has 1 aromatic carbocycles. The molecule has 7 nitrogen and oxygen atoms in total. The van der Waals surface area contributed by atoms with E-state index in [-0.39, 0.29) is 12.2 Å². The van der Waals surface area contributed by atoms with Crippen LogP contribution in [0.25, 0.3) is 6.08 Å². The van der Waals surface area contributed by atoms with E-state index in [0.29, 0.717) is 26.3 Å². The van der Waals surface area contributed by atoms with Gasteiger partial charge < -0.3 is 4.74 Å². The number of allylic oxidation sites excluding steroid dienone is 1. The van der Waals surface area contributed by atoms with Crippen LogP contribution in [0.15, 0.2) is 62.1 Å². The Morgan fingerprint density at radius 1 is 1.26 bits per heavy atom. The first-order valence-corrected chi connectivity index (χ1v) is 11.5. The summed E-state index contributed by atoms with van der Waals surface area (Å²) >= 11 is 4.73. The molecule has 0 radical (unpaired) electrons. The van der Waals surface area contributed by atoms with Gasteiger partial charge in [0.15, 0.2) is 4.80 Å². The topological polar surface area (TPSA) is 78.5 Å². The van der Waals surface area contributed by atoms with Crippen LogP contribution in [0.1, 0.15) is 38.1 Å². The van der Waals surface area contributed by atoms with Crippen LogP contribution in [0.4, 0.5) is 0 Å². The van der Waals surface area contributed by atoms with Gasteiger partial charge in [-0.15, -0.1) is 0 Å². The maximum Gasteiger partial charge on any atom is 0.338 e. The molecule has 1 unspecified atom stereocenters. The number of esters is 1. The number of thiazole rings is 1. The summed E-state index contributed by atoms with van der Waals surface area (Å²) in [5.74, 6) is -0.465. The van der Waals surface area contributed by atoms with Gasteiger partial charge in [0, 0.05) is 17.2 Å². The van der Waals surface area contributed by atoms with E-state index in [1.165, 1.54) is 11.3 Å². The number of rotatable bonds is 5. The number of aromatic nitrogens is 3. The highest BCUT2D eigenvalue weighted by Gasteiger charge is 2.33. The van der Waals surface area contributed by atoms with Crippen molar-refractivity contribution >= 4 is 39.3 Å². The van der Waals surface area contributed by atoms with Gasteiger partial charge in [-0.2, -0.15) is 5.10 Å². The molecule has 3 heterocycles. The zero-order chi connectivity index (χ0) is 22.1. The van der Waals surface area contributed by atoms with Gasteiger partial charge in [-0.05, 0) is 50.6 Å². The van der Waals surface area contributed by atoms with Crippen molar-refractivity contribution in [3.63, 3.8) is 0 Å². The van der Waals surface area contributed by atoms with Crippen LogP contribution in [-0.4, -0.2) is 26.9 Å². The van der Waals surface area contributed by atoms with Gasteiger partial charge in [0.25, 0.3) is 5.56 Å². The lowest BCUT2D eigenvalue weighted by atomic mass is 9.96. The van der Waals surface area contributed by atoms with E-state index in [2.05, 4.69) is 26.0 Å². The van der Waals surface area contributed by atoms with Crippen molar-refractivity contribution in [2.75, 3.05) is 6.61 Å². The molecular formula is C22H21BrN4O3S. The van der Waals surface area contributed by atoms with Crippen molar-refractivity contribution in [1.29, 1.82) is 0 Å². The van der Waals surface area contributed by atoms with Gasteiger partial charge in [-0.3, -0.25) is 14.0 Å². The number of carbonyl (C=O) groups excluding carboxylic acids is 1. The second kappa shape index (κ2) is 8.76. The zero-order valence-electron chi connectivity index (χ0n) is 17.3. The third-order valence-corrected chi connectivity index (χ3v) is 6.48. The SMILES string of the molecule is CCOC(=O)C1=C(C)N=c2sc(=Cc3ccn(CC)n3)c(=O)n2C1c1ccc(Br)cc1. The fourth-order valence-electron chi connectivity index (χ4n) is 3.52. The lowest BCUT2D eigenvalue weighted by Crippen LogP contribution is -2.39. The van der Waals surface area contributed by atoms with Gasteiger partial charge in [0.2, 0.25) is 0 Å². The lowest BCUT2D eigenvalue weighted by Gasteiger charge is -2.24. The Hall–Kier alpha value is -2.78. The third-order valence-electron chi connectivity index (χ3n) is 4.97. The van der Waals surface area contributed by atoms with Crippen LogP contribution in [0, 0.1) is 0 Å². The fraction of sp³-hybridized carbons (Fsp3) is 0.273. The molecule has 0 N–H and O–H groups in total. The molecule has 31 heavy (non-hydrogen) atoms. The highest BCUT2D eigenvalue weighted by atomic mass is 79.9. The number of carbonyl (C=O) groups is 1. The molecule has 9 heteroatoms. The zero-order valence-corrected chi connectivity index (χ0v) is 19.7. The maximum absolute atomic E-state index is 13.4. The number of ether oxygens (including phenoxy) is 1. The second-order valence-corrected chi connectivity index (χ2v) is 8.87. The summed E-state index contributed by atoms with van der Waals surface area (Å²) in [7, 11) is 0. The highest BCUT2D eigenvalue weighted by Crippen LogP contribution is 2.31.